The largest absolute Gasteiger partial charge is 0.463 e. The molecule has 4 aromatic rings. The number of nitriles is 1. The molecule has 2 N–H and O–H groups in total. The van der Waals surface area contributed by atoms with Gasteiger partial charge in [0.05, 0.1) is 34.9 Å². The summed E-state index contributed by atoms with van der Waals surface area (Å²) in [5, 5.41) is 10.5. The van der Waals surface area contributed by atoms with Gasteiger partial charge in [0, 0.05) is 11.1 Å². The molecule has 0 aliphatic carbocycles. The molecule has 0 amide bonds. The Morgan fingerprint density at radius 2 is 1.72 bits per heavy atom. The molecule has 0 fully saturated rings. The van der Waals surface area contributed by atoms with E-state index >= 15 is 0 Å². The van der Waals surface area contributed by atoms with Gasteiger partial charge in [0.25, 0.3) is 0 Å². The summed E-state index contributed by atoms with van der Waals surface area (Å²) in [5.41, 5.74) is 9.22. The molecule has 5 rings (SSSR count). The van der Waals surface area contributed by atoms with Gasteiger partial charge in [-0.1, -0.05) is 72.4 Å². The zero-order valence-electron chi connectivity index (χ0n) is 20.9. The third-order valence-corrected chi connectivity index (χ3v) is 7.10. The number of rotatable bonds is 7. The zero-order valence-corrected chi connectivity index (χ0v) is 21.7. The monoisotopic (exact) mass is 538 g/mol. The van der Waals surface area contributed by atoms with Crippen molar-refractivity contribution >= 4 is 28.8 Å². The van der Waals surface area contributed by atoms with E-state index in [0.717, 1.165) is 11.1 Å². The second-order valence-corrected chi connectivity index (χ2v) is 9.49. The molecule has 9 heteroatoms. The molecule has 39 heavy (non-hydrogen) atoms. The molecule has 1 aliphatic heterocycles. The fraction of sp³-hybridized carbons (Fsp3) is 0.133. The third-order valence-electron chi connectivity index (χ3n) is 6.13. The number of aromatic nitrogens is 2. The number of nitrogens with zero attached hydrogens (tertiary/aromatic N) is 3. The van der Waals surface area contributed by atoms with Crippen LogP contribution in [0.15, 0.2) is 107 Å². The zero-order chi connectivity index (χ0) is 27.4. The molecule has 1 aromatic heterocycles. The Kier molecular flexibility index (Phi) is 7.57. The predicted molar refractivity (Wildman–Crippen MR) is 146 cm³/mol. The Morgan fingerprint density at radius 1 is 1.05 bits per heavy atom. The van der Waals surface area contributed by atoms with Crippen LogP contribution in [0.4, 0.5) is 4.39 Å². The average molecular weight is 539 g/mol. The number of para-hydroxylation sites is 2. The van der Waals surface area contributed by atoms with Crippen LogP contribution in [0.25, 0.3) is 22.3 Å². The molecule has 0 bridgehead atoms. The van der Waals surface area contributed by atoms with Gasteiger partial charge in [0.15, 0.2) is 0 Å². The van der Waals surface area contributed by atoms with E-state index in [4.69, 9.17) is 25.2 Å². The van der Waals surface area contributed by atoms with E-state index in [1.807, 2.05) is 60.7 Å². The van der Waals surface area contributed by atoms with Gasteiger partial charge >= 0.3 is 5.97 Å². The average Bonchev–Trinajstić information content (AvgIpc) is 2.96. The Hall–Kier alpha value is -4.68. The smallest absolute Gasteiger partial charge is 0.338 e. The summed E-state index contributed by atoms with van der Waals surface area (Å²) in [6.45, 7) is 1.75. The van der Waals surface area contributed by atoms with Gasteiger partial charge in [0.1, 0.15) is 33.9 Å². The van der Waals surface area contributed by atoms with Crippen LogP contribution in [0.5, 0.6) is 0 Å². The minimum absolute atomic E-state index is 0.0233. The highest BCUT2D eigenvalue weighted by Gasteiger charge is 2.39. The predicted octanol–water partition coefficient (Wildman–Crippen LogP) is 5.85. The first-order chi connectivity index (χ1) is 19.0. The van der Waals surface area contributed by atoms with Gasteiger partial charge in [-0.25, -0.2) is 19.2 Å². The van der Waals surface area contributed by atoms with Crippen LogP contribution in [-0.2, 0) is 14.3 Å². The van der Waals surface area contributed by atoms with E-state index < -0.39 is 17.7 Å². The lowest BCUT2D eigenvalue weighted by Gasteiger charge is -2.28. The quantitative estimate of drug-likeness (QED) is 0.230. The number of fused-ring (bicyclic) bond motifs is 1. The lowest BCUT2D eigenvalue weighted by molar-refractivity contribution is -0.139. The van der Waals surface area contributed by atoms with Crippen molar-refractivity contribution < 1.29 is 18.7 Å². The molecule has 0 spiro atoms. The lowest BCUT2D eigenvalue weighted by atomic mass is 9.83. The molecular weight excluding hydrogens is 515 g/mol. The van der Waals surface area contributed by atoms with Gasteiger partial charge in [-0.05, 0) is 25.1 Å². The number of hydrogen-bond donors (Lipinski definition) is 1. The van der Waals surface area contributed by atoms with Crippen LogP contribution in [-0.4, -0.2) is 28.3 Å². The van der Waals surface area contributed by atoms with Crippen LogP contribution < -0.4 is 5.73 Å². The Labute approximate surface area is 228 Å². The SMILES string of the molecule is CCOC(=O)C1=C(CSc2nc3ccccc3nc2-c2ccccc2)OC(N)=C(C#N)[C@@H]1c1ccccc1F. The van der Waals surface area contributed by atoms with E-state index in [1.165, 1.54) is 30.0 Å². The van der Waals surface area contributed by atoms with E-state index in [9.17, 15) is 14.4 Å². The minimum atomic E-state index is -1.09. The first-order valence-electron chi connectivity index (χ1n) is 12.2. The summed E-state index contributed by atoms with van der Waals surface area (Å²) < 4.78 is 26.2. The first-order valence-corrected chi connectivity index (χ1v) is 13.2. The van der Waals surface area contributed by atoms with Crippen molar-refractivity contribution in [2.45, 2.75) is 17.9 Å². The van der Waals surface area contributed by atoms with Crippen molar-refractivity contribution in [3.05, 3.63) is 113 Å². The molecule has 0 unspecified atom stereocenters. The van der Waals surface area contributed by atoms with Crippen molar-refractivity contribution in [3.8, 4) is 17.3 Å². The van der Waals surface area contributed by atoms with Gasteiger partial charge in [-0.15, -0.1) is 0 Å². The summed E-state index contributed by atoms with van der Waals surface area (Å²) in [5.74, 6) is -2.30. The number of thioether (sulfide) groups is 1. The highest BCUT2D eigenvalue weighted by Crippen LogP contribution is 2.42. The van der Waals surface area contributed by atoms with Gasteiger partial charge in [-0.2, -0.15) is 5.26 Å². The minimum Gasteiger partial charge on any atom is -0.463 e. The normalized spacial score (nSPS) is 15.2. The van der Waals surface area contributed by atoms with Crippen molar-refractivity contribution in [2.24, 2.45) is 5.73 Å². The molecule has 0 saturated heterocycles. The molecule has 2 heterocycles. The van der Waals surface area contributed by atoms with Gasteiger partial charge in [-0.3, -0.25) is 0 Å². The molecule has 7 nitrogen and oxygen atoms in total. The van der Waals surface area contributed by atoms with Crippen molar-refractivity contribution in [3.63, 3.8) is 0 Å². The number of halogens is 1. The van der Waals surface area contributed by atoms with Crippen molar-refractivity contribution in [1.82, 2.24) is 9.97 Å². The number of nitrogens with two attached hydrogens (primary N) is 1. The molecule has 1 aliphatic rings. The molecule has 194 valence electrons. The lowest BCUT2D eigenvalue weighted by Crippen LogP contribution is -2.27. The highest BCUT2D eigenvalue weighted by atomic mass is 32.2. The third kappa shape index (κ3) is 5.19. The van der Waals surface area contributed by atoms with Crippen LogP contribution in [0.1, 0.15) is 18.4 Å². The van der Waals surface area contributed by atoms with E-state index in [2.05, 4.69) is 0 Å². The first kappa shape index (κ1) is 25.9. The molecule has 0 radical (unpaired) electrons. The molecule has 0 saturated carbocycles. The van der Waals surface area contributed by atoms with Crippen molar-refractivity contribution in [2.75, 3.05) is 12.4 Å². The Balaban J connectivity index is 1.62. The Bertz CT molecular complexity index is 1660. The number of benzene rings is 3. The topological polar surface area (TPSA) is 111 Å². The van der Waals surface area contributed by atoms with E-state index in [-0.39, 0.29) is 40.7 Å². The molecule has 3 aromatic carbocycles. The number of hydrogen-bond acceptors (Lipinski definition) is 8. The second kappa shape index (κ2) is 11.4. The van der Waals surface area contributed by atoms with Crippen LogP contribution in [0, 0.1) is 17.1 Å². The van der Waals surface area contributed by atoms with Gasteiger partial charge < -0.3 is 15.2 Å². The number of ether oxygens (including phenoxy) is 2. The van der Waals surface area contributed by atoms with Crippen LogP contribution in [0.2, 0.25) is 0 Å². The van der Waals surface area contributed by atoms with Crippen LogP contribution >= 0.6 is 11.8 Å². The number of carbonyl (C=O) groups excluding carboxylic acids is 1. The molecule has 1 atom stereocenters. The van der Waals surface area contributed by atoms with Gasteiger partial charge in [0.2, 0.25) is 5.88 Å². The maximum Gasteiger partial charge on any atom is 0.338 e. The summed E-state index contributed by atoms with van der Waals surface area (Å²) in [6.07, 6.45) is 0. The Morgan fingerprint density at radius 3 is 2.41 bits per heavy atom. The maximum atomic E-state index is 15.0. The number of allylic oxidation sites excluding steroid dienone is 1. The number of carbonyl (C=O) groups is 1. The standard InChI is InChI=1S/C30H23FN4O3S/c1-2-37-30(36)26-24(38-28(33)20(16-32)25(26)19-12-6-7-13-21(19)31)17-39-29-27(18-10-4-3-5-11-18)34-22-14-8-9-15-23(22)35-29/h3-15,25H,2,17,33H2,1H3/t25-/m0/s1. The van der Waals surface area contributed by atoms with E-state index in [1.54, 1.807) is 13.0 Å². The maximum absolute atomic E-state index is 15.0. The summed E-state index contributed by atoms with van der Waals surface area (Å²) in [4.78, 5) is 22.9. The summed E-state index contributed by atoms with van der Waals surface area (Å²) >= 11 is 1.30. The van der Waals surface area contributed by atoms with E-state index in [0.29, 0.717) is 16.2 Å². The molecular formula is C30H23FN4O3S. The highest BCUT2D eigenvalue weighted by molar-refractivity contribution is 7.99. The van der Waals surface area contributed by atoms with Crippen LogP contribution in [0.3, 0.4) is 0 Å². The van der Waals surface area contributed by atoms with Crippen molar-refractivity contribution in [1.29, 1.82) is 5.26 Å². The fourth-order valence-corrected chi connectivity index (χ4v) is 5.33. The number of esters is 1. The second-order valence-electron chi connectivity index (χ2n) is 8.52. The summed E-state index contributed by atoms with van der Waals surface area (Å²) in [7, 11) is 0. The summed E-state index contributed by atoms with van der Waals surface area (Å²) in [6, 6.07) is 25.1. The fourth-order valence-electron chi connectivity index (χ4n) is 4.38.